The van der Waals surface area contributed by atoms with E-state index in [-0.39, 0.29) is 0 Å². The number of carboxylic acid groups (broad SMARTS) is 1. The van der Waals surface area contributed by atoms with Gasteiger partial charge in [0, 0.05) is 18.6 Å². The Morgan fingerprint density at radius 2 is 2.16 bits per heavy atom. The van der Waals surface area contributed by atoms with E-state index in [4.69, 9.17) is 14.3 Å². The zero-order chi connectivity index (χ0) is 18.3. The maximum absolute atomic E-state index is 10.9. The molecule has 1 aromatic carbocycles. The highest BCUT2D eigenvalue weighted by Crippen LogP contribution is 2.20. The van der Waals surface area contributed by atoms with E-state index >= 15 is 0 Å². The molecule has 0 radical (unpaired) electrons. The number of oxazole rings is 1. The first-order valence-corrected chi connectivity index (χ1v) is 8.42. The van der Waals surface area contributed by atoms with E-state index in [1.165, 1.54) is 5.56 Å². The molecule has 5 heteroatoms. The van der Waals surface area contributed by atoms with E-state index in [1.54, 1.807) is 20.1 Å². The molecule has 1 N–H and O–H groups in total. The Labute approximate surface area is 148 Å². The highest BCUT2D eigenvalue weighted by atomic mass is 16.5. The van der Waals surface area contributed by atoms with Gasteiger partial charge in [0.15, 0.2) is 5.60 Å². The van der Waals surface area contributed by atoms with Crippen molar-refractivity contribution >= 4 is 5.97 Å². The number of carbonyl (C=O) groups is 1. The first-order valence-electron chi connectivity index (χ1n) is 8.42. The molecule has 25 heavy (non-hydrogen) atoms. The number of hydrogen-bond donors (Lipinski definition) is 1. The minimum Gasteiger partial charge on any atom is -0.479 e. The molecule has 1 aromatic heterocycles. The maximum atomic E-state index is 10.9. The molecule has 0 saturated heterocycles. The van der Waals surface area contributed by atoms with Crippen LogP contribution in [0.4, 0.5) is 0 Å². The zero-order valence-electron chi connectivity index (χ0n) is 15.0. The monoisotopic (exact) mass is 343 g/mol. The van der Waals surface area contributed by atoms with Gasteiger partial charge < -0.3 is 14.3 Å². The van der Waals surface area contributed by atoms with E-state index in [0.717, 1.165) is 24.1 Å². The van der Waals surface area contributed by atoms with Gasteiger partial charge in [0.2, 0.25) is 5.89 Å². The topological polar surface area (TPSA) is 72.6 Å². The minimum absolute atomic E-state index is 0.422. The van der Waals surface area contributed by atoms with Crippen LogP contribution in [0.5, 0.6) is 0 Å². The summed E-state index contributed by atoms with van der Waals surface area (Å²) in [6.07, 6.45) is 8.09. The summed E-state index contributed by atoms with van der Waals surface area (Å²) in [5.41, 5.74) is 1.91. The van der Waals surface area contributed by atoms with Crippen molar-refractivity contribution in [1.82, 2.24) is 4.98 Å². The van der Waals surface area contributed by atoms with Crippen molar-refractivity contribution in [3.63, 3.8) is 0 Å². The van der Waals surface area contributed by atoms with Gasteiger partial charge in [0.05, 0.1) is 5.69 Å². The molecule has 0 amide bonds. The van der Waals surface area contributed by atoms with E-state index in [1.807, 2.05) is 37.3 Å². The summed E-state index contributed by atoms with van der Waals surface area (Å²) in [7, 11) is 0. The third kappa shape index (κ3) is 5.87. The van der Waals surface area contributed by atoms with Gasteiger partial charge >= 0.3 is 5.97 Å². The van der Waals surface area contributed by atoms with Crippen molar-refractivity contribution in [3.05, 3.63) is 53.9 Å². The fourth-order valence-electron chi connectivity index (χ4n) is 2.22. The fraction of sp³-hybridized carbons (Fsp3) is 0.400. The van der Waals surface area contributed by atoms with Crippen molar-refractivity contribution in [2.45, 2.75) is 45.6 Å². The molecular formula is C20H25NO4. The van der Waals surface area contributed by atoms with Crippen LogP contribution in [0.1, 0.15) is 37.9 Å². The van der Waals surface area contributed by atoms with Gasteiger partial charge in [-0.25, -0.2) is 9.78 Å². The molecule has 0 unspecified atom stereocenters. The summed E-state index contributed by atoms with van der Waals surface area (Å²) >= 11 is 0. The predicted molar refractivity (Wildman–Crippen MR) is 96.4 cm³/mol. The lowest BCUT2D eigenvalue weighted by molar-refractivity contribution is -0.161. The summed E-state index contributed by atoms with van der Waals surface area (Å²) in [5, 5.41) is 8.95. The van der Waals surface area contributed by atoms with Crippen LogP contribution in [0.2, 0.25) is 0 Å². The second-order valence-electron chi connectivity index (χ2n) is 6.50. The quantitative estimate of drug-likeness (QED) is 0.539. The number of aryl methyl sites for hydroxylation is 1. The molecule has 5 nitrogen and oxygen atoms in total. The first kappa shape index (κ1) is 18.9. The highest BCUT2D eigenvalue weighted by Gasteiger charge is 2.27. The molecule has 2 aromatic rings. The number of unbranched alkanes of at least 4 members (excludes halogenated alkanes) is 1. The average Bonchev–Trinajstić information content (AvgIpc) is 3.02. The van der Waals surface area contributed by atoms with Gasteiger partial charge in [0.25, 0.3) is 0 Å². The molecular weight excluding hydrogens is 318 g/mol. The second kappa shape index (κ2) is 8.62. The number of carboxylic acids is 1. The Morgan fingerprint density at radius 1 is 1.36 bits per heavy atom. The number of hydrogen-bond acceptors (Lipinski definition) is 4. The molecule has 0 atom stereocenters. The van der Waals surface area contributed by atoms with E-state index in [2.05, 4.69) is 11.1 Å². The largest absolute Gasteiger partial charge is 0.479 e. The van der Waals surface area contributed by atoms with Gasteiger partial charge in [-0.1, -0.05) is 29.8 Å². The Bertz CT molecular complexity index is 731. The van der Waals surface area contributed by atoms with Crippen LogP contribution in [0.3, 0.4) is 0 Å². The van der Waals surface area contributed by atoms with Crippen molar-refractivity contribution in [2.24, 2.45) is 0 Å². The Kier molecular flexibility index (Phi) is 6.53. The molecule has 0 saturated carbocycles. The Morgan fingerprint density at radius 3 is 2.88 bits per heavy atom. The average molecular weight is 343 g/mol. The molecule has 0 aliphatic carbocycles. The van der Waals surface area contributed by atoms with Crippen LogP contribution in [0.15, 0.2) is 47.1 Å². The molecule has 134 valence electrons. The highest BCUT2D eigenvalue weighted by molar-refractivity contribution is 5.76. The van der Waals surface area contributed by atoms with Crippen molar-refractivity contribution < 1.29 is 19.1 Å². The van der Waals surface area contributed by atoms with Crippen LogP contribution < -0.4 is 0 Å². The molecule has 0 bridgehead atoms. The molecule has 2 rings (SSSR count). The Balaban J connectivity index is 1.73. The predicted octanol–water partition coefficient (Wildman–Crippen LogP) is 4.41. The third-order valence-electron chi connectivity index (χ3n) is 3.80. The van der Waals surface area contributed by atoms with Crippen LogP contribution in [0.25, 0.3) is 11.5 Å². The number of aromatic nitrogens is 1. The van der Waals surface area contributed by atoms with Crippen LogP contribution >= 0.6 is 0 Å². The zero-order valence-corrected chi connectivity index (χ0v) is 15.0. The van der Waals surface area contributed by atoms with E-state index in [9.17, 15) is 4.79 Å². The number of nitrogens with zero attached hydrogens (tertiary/aromatic N) is 1. The standard InChI is InChI=1S/C20H25NO4/c1-15-9-8-10-16(13-15)18-21-17(14-24-18)11-6-4-5-7-12-25-20(2,3)19(22)23/h4,6,8-10,13-14H,5,7,11-12H2,1-3H3,(H,22,23). The summed E-state index contributed by atoms with van der Waals surface area (Å²) in [5.74, 6) is -0.310. The number of aliphatic carboxylic acids is 1. The summed E-state index contributed by atoms with van der Waals surface area (Å²) in [4.78, 5) is 15.4. The molecule has 1 heterocycles. The lowest BCUT2D eigenvalue weighted by atomic mass is 10.1. The van der Waals surface area contributed by atoms with Crippen LogP contribution in [-0.4, -0.2) is 28.3 Å². The van der Waals surface area contributed by atoms with E-state index < -0.39 is 11.6 Å². The molecule has 0 spiro atoms. The normalized spacial score (nSPS) is 12.0. The van der Waals surface area contributed by atoms with Gasteiger partial charge in [0.1, 0.15) is 6.26 Å². The van der Waals surface area contributed by atoms with E-state index in [0.29, 0.717) is 18.9 Å². The first-order chi connectivity index (χ1) is 11.9. The smallest absolute Gasteiger partial charge is 0.335 e. The number of ether oxygens (including phenoxy) is 1. The third-order valence-corrected chi connectivity index (χ3v) is 3.80. The molecule has 0 aliphatic rings. The van der Waals surface area contributed by atoms with Crippen molar-refractivity contribution in [1.29, 1.82) is 0 Å². The van der Waals surface area contributed by atoms with Crippen molar-refractivity contribution in [2.75, 3.05) is 6.61 Å². The molecule has 0 aliphatic heterocycles. The number of benzene rings is 1. The number of allylic oxidation sites excluding steroid dienone is 2. The minimum atomic E-state index is -1.13. The van der Waals surface area contributed by atoms with Gasteiger partial charge in [-0.15, -0.1) is 0 Å². The molecule has 0 fully saturated rings. The lowest BCUT2D eigenvalue weighted by Crippen LogP contribution is -2.34. The van der Waals surface area contributed by atoms with Gasteiger partial charge in [-0.2, -0.15) is 0 Å². The van der Waals surface area contributed by atoms with Gasteiger partial charge in [-0.3, -0.25) is 0 Å². The fourth-order valence-corrected chi connectivity index (χ4v) is 2.22. The lowest BCUT2D eigenvalue weighted by Gasteiger charge is -2.19. The van der Waals surface area contributed by atoms with Crippen LogP contribution in [0, 0.1) is 6.92 Å². The second-order valence-corrected chi connectivity index (χ2v) is 6.50. The summed E-state index contributed by atoms with van der Waals surface area (Å²) in [6, 6.07) is 8.06. The van der Waals surface area contributed by atoms with Crippen LogP contribution in [-0.2, 0) is 16.0 Å². The maximum Gasteiger partial charge on any atom is 0.335 e. The summed E-state index contributed by atoms with van der Waals surface area (Å²) < 4.78 is 10.9. The summed E-state index contributed by atoms with van der Waals surface area (Å²) in [6.45, 7) is 5.58. The number of rotatable bonds is 9. The SMILES string of the molecule is Cc1cccc(-c2nc(CC=CCCCOC(C)(C)C(=O)O)co2)c1. The van der Waals surface area contributed by atoms with Gasteiger partial charge in [-0.05, 0) is 45.7 Å². The van der Waals surface area contributed by atoms with Crippen molar-refractivity contribution in [3.8, 4) is 11.5 Å². The Hall–Kier alpha value is -2.40.